The van der Waals surface area contributed by atoms with E-state index in [-0.39, 0.29) is 12.6 Å². The Morgan fingerprint density at radius 3 is 2.58 bits per heavy atom. The minimum Gasteiger partial charge on any atom is -0.392 e. The Balaban J connectivity index is 2.00. The largest absolute Gasteiger partial charge is 0.392 e. The highest BCUT2D eigenvalue weighted by molar-refractivity contribution is 6.31. The second-order valence-corrected chi connectivity index (χ2v) is 5.01. The fourth-order valence-corrected chi connectivity index (χ4v) is 2.34. The van der Waals surface area contributed by atoms with Gasteiger partial charge in [-0.3, -0.25) is 0 Å². The maximum Gasteiger partial charge on any atom is 0.0681 e. The summed E-state index contributed by atoms with van der Waals surface area (Å²) in [5.41, 5.74) is 3.19. The van der Waals surface area contributed by atoms with E-state index in [4.69, 9.17) is 16.7 Å². The van der Waals surface area contributed by atoms with Crippen molar-refractivity contribution in [3.05, 3.63) is 70.2 Å². The Bertz CT molecular complexity index is 542. The zero-order valence-corrected chi connectivity index (χ0v) is 11.7. The number of halogens is 1. The molecular weight excluding hydrogens is 258 g/mol. The Morgan fingerprint density at radius 2 is 1.84 bits per heavy atom. The average molecular weight is 276 g/mol. The number of aliphatic hydroxyl groups excluding tert-OH is 1. The number of aliphatic hydroxyl groups is 1. The molecule has 0 aliphatic carbocycles. The number of hydrogen-bond donors (Lipinski definition) is 2. The van der Waals surface area contributed by atoms with Crippen molar-refractivity contribution >= 4 is 11.6 Å². The van der Waals surface area contributed by atoms with E-state index in [1.54, 1.807) is 0 Å². The number of nitrogens with one attached hydrogen (secondary N) is 1. The Kier molecular flexibility index (Phi) is 4.97. The first-order valence-corrected chi connectivity index (χ1v) is 6.75. The molecule has 0 spiro atoms. The van der Waals surface area contributed by atoms with Gasteiger partial charge in [-0.25, -0.2) is 0 Å². The van der Waals surface area contributed by atoms with Gasteiger partial charge in [-0.2, -0.15) is 0 Å². The second kappa shape index (κ2) is 6.71. The molecule has 0 aromatic heterocycles. The number of benzene rings is 2. The maximum atomic E-state index is 9.12. The van der Waals surface area contributed by atoms with Crippen molar-refractivity contribution < 1.29 is 5.11 Å². The third-order valence-corrected chi connectivity index (χ3v) is 3.50. The van der Waals surface area contributed by atoms with Gasteiger partial charge in [0.15, 0.2) is 0 Å². The molecule has 1 atom stereocenters. The van der Waals surface area contributed by atoms with Crippen LogP contribution in [0.5, 0.6) is 0 Å². The van der Waals surface area contributed by atoms with Gasteiger partial charge in [-0.05, 0) is 29.7 Å². The van der Waals surface area contributed by atoms with Gasteiger partial charge in [0.05, 0.1) is 6.61 Å². The topological polar surface area (TPSA) is 32.3 Å². The highest BCUT2D eigenvalue weighted by atomic mass is 35.5. The van der Waals surface area contributed by atoms with Crippen molar-refractivity contribution in [2.24, 2.45) is 0 Å². The van der Waals surface area contributed by atoms with E-state index in [2.05, 4.69) is 12.2 Å². The molecule has 0 amide bonds. The third kappa shape index (κ3) is 3.80. The summed E-state index contributed by atoms with van der Waals surface area (Å²) in [5.74, 6) is 0. The molecule has 100 valence electrons. The Labute approximate surface area is 119 Å². The lowest BCUT2D eigenvalue weighted by Gasteiger charge is -2.16. The fraction of sp³-hybridized carbons (Fsp3) is 0.250. The van der Waals surface area contributed by atoms with Crippen LogP contribution in [0.2, 0.25) is 5.02 Å². The highest BCUT2D eigenvalue weighted by Crippen LogP contribution is 2.22. The lowest BCUT2D eigenvalue weighted by atomic mass is 10.1. The maximum absolute atomic E-state index is 9.12. The van der Waals surface area contributed by atoms with Crippen molar-refractivity contribution in [2.75, 3.05) is 0 Å². The van der Waals surface area contributed by atoms with Crippen LogP contribution in [-0.2, 0) is 13.2 Å². The molecule has 2 N–H and O–H groups in total. The van der Waals surface area contributed by atoms with Crippen molar-refractivity contribution in [3.8, 4) is 0 Å². The molecule has 2 aromatic carbocycles. The van der Waals surface area contributed by atoms with Crippen LogP contribution in [0.1, 0.15) is 29.7 Å². The van der Waals surface area contributed by atoms with Crippen LogP contribution in [0.3, 0.4) is 0 Å². The summed E-state index contributed by atoms with van der Waals surface area (Å²) in [4.78, 5) is 0. The molecule has 0 saturated carbocycles. The third-order valence-electron chi connectivity index (χ3n) is 3.16. The van der Waals surface area contributed by atoms with Crippen LogP contribution < -0.4 is 5.32 Å². The minimum atomic E-state index is 0.0773. The van der Waals surface area contributed by atoms with E-state index < -0.39 is 0 Å². The minimum absolute atomic E-state index is 0.0773. The summed E-state index contributed by atoms with van der Waals surface area (Å²) >= 11 is 6.18. The summed E-state index contributed by atoms with van der Waals surface area (Å²) in [6.45, 7) is 2.92. The van der Waals surface area contributed by atoms with Crippen molar-refractivity contribution in [3.63, 3.8) is 0 Å². The van der Waals surface area contributed by atoms with Gasteiger partial charge in [-0.1, -0.05) is 54.1 Å². The van der Waals surface area contributed by atoms with Gasteiger partial charge in [0.1, 0.15) is 0 Å². The first-order chi connectivity index (χ1) is 9.20. The van der Waals surface area contributed by atoms with E-state index in [1.807, 2.05) is 48.5 Å². The Hall–Kier alpha value is -1.35. The zero-order chi connectivity index (χ0) is 13.7. The van der Waals surface area contributed by atoms with Gasteiger partial charge in [0.2, 0.25) is 0 Å². The van der Waals surface area contributed by atoms with Crippen molar-refractivity contribution in [1.29, 1.82) is 0 Å². The normalized spacial score (nSPS) is 12.4. The molecule has 0 aliphatic rings. The van der Waals surface area contributed by atoms with E-state index in [1.165, 1.54) is 0 Å². The van der Waals surface area contributed by atoms with E-state index in [9.17, 15) is 0 Å². The Morgan fingerprint density at radius 1 is 1.11 bits per heavy atom. The zero-order valence-electron chi connectivity index (χ0n) is 10.9. The average Bonchev–Trinajstić information content (AvgIpc) is 2.45. The first kappa shape index (κ1) is 14.1. The van der Waals surface area contributed by atoms with Crippen LogP contribution in [0.15, 0.2) is 48.5 Å². The van der Waals surface area contributed by atoms with Gasteiger partial charge in [-0.15, -0.1) is 0 Å². The molecule has 19 heavy (non-hydrogen) atoms. The monoisotopic (exact) mass is 275 g/mol. The number of hydrogen-bond acceptors (Lipinski definition) is 2. The summed E-state index contributed by atoms with van der Waals surface area (Å²) in [7, 11) is 0. The molecule has 0 fully saturated rings. The molecular formula is C16H18ClNO. The van der Waals surface area contributed by atoms with Crippen molar-refractivity contribution in [1.82, 2.24) is 5.32 Å². The SMILES string of the molecule is CC(NCc1cccc(CO)c1)c1ccccc1Cl. The molecule has 2 aromatic rings. The smallest absolute Gasteiger partial charge is 0.0681 e. The summed E-state index contributed by atoms with van der Waals surface area (Å²) in [6, 6.07) is 16.0. The van der Waals surface area contributed by atoms with E-state index in [0.29, 0.717) is 0 Å². The molecule has 0 bridgehead atoms. The molecule has 0 radical (unpaired) electrons. The van der Waals surface area contributed by atoms with Crippen LogP contribution in [0.25, 0.3) is 0 Å². The molecule has 0 heterocycles. The predicted octanol–water partition coefficient (Wildman–Crippen LogP) is 3.68. The standard InChI is InChI=1S/C16H18ClNO/c1-12(15-7-2-3-8-16(15)17)18-10-13-5-4-6-14(9-13)11-19/h2-9,12,18-19H,10-11H2,1H3. The first-order valence-electron chi connectivity index (χ1n) is 6.37. The lowest BCUT2D eigenvalue weighted by molar-refractivity contribution is 0.281. The molecule has 3 heteroatoms. The van der Waals surface area contributed by atoms with Gasteiger partial charge >= 0.3 is 0 Å². The quantitative estimate of drug-likeness (QED) is 0.872. The van der Waals surface area contributed by atoms with Crippen LogP contribution in [0, 0.1) is 0 Å². The predicted molar refractivity (Wildman–Crippen MR) is 79.1 cm³/mol. The number of rotatable bonds is 5. The summed E-state index contributed by atoms with van der Waals surface area (Å²) < 4.78 is 0. The van der Waals surface area contributed by atoms with Crippen molar-refractivity contribution in [2.45, 2.75) is 26.1 Å². The highest BCUT2D eigenvalue weighted by Gasteiger charge is 2.08. The van der Waals surface area contributed by atoms with Gasteiger partial charge in [0.25, 0.3) is 0 Å². The molecule has 2 rings (SSSR count). The van der Waals surface area contributed by atoms with E-state index in [0.717, 1.165) is 28.3 Å². The molecule has 0 aliphatic heterocycles. The van der Waals surface area contributed by atoms with Crippen LogP contribution >= 0.6 is 11.6 Å². The summed E-state index contributed by atoms with van der Waals surface area (Å²) in [5, 5.41) is 13.3. The van der Waals surface area contributed by atoms with Crippen LogP contribution in [0.4, 0.5) is 0 Å². The summed E-state index contributed by atoms with van der Waals surface area (Å²) in [6.07, 6.45) is 0. The molecule has 0 saturated heterocycles. The van der Waals surface area contributed by atoms with Gasteiger partial charge < -0.3 is 10.4 Å². The lowest BCUT2D eigenvalue weighted by Crippen LogP contribution is -2.18. The van der Waals surface area contributed by atoms with E-state index >= 15 is 0 Å². The second-order valence-electron chi connectivity index (χ2n) is 4.60. The van der Waals surface area contributed by atoms with Gasteiger partial charge in [0, 0.05) is 17.6 Å². The molecule has 2 nitrogen and oxygen atoms in total. The molecule has 1 unspecified atom stereocenters. The fourth-order valence-electron chi connectivity index (χ4n) is 2.05. The van der Waals surface area contributed by atoms with Crippen LogP contribution in [-0.4, -0.2) is 5.11 Å².